The number of aryl methyl sites for hydroxylation is 1. The second-order valence-electron chi connectivity index (χ2n) is 10.6. The lowest BCUT2D eigenvalue weighted by molar-refractivity contribution is -0.285. The molecule has 43 heavy (non-hydrogen) atoms. The third-order valence-electron chi connectivity index (χ3n) is 7.60. The summed E-state index contributed by atoms with van der Waals surface area (Å²) in [7, 11) is 0. The third-order valence-corrected chi connectivity index (χ3v) is 7.83. The number of carbonyl (C=O) groups is 2. The predicted molar refractivity (Wildman–Crippen MR) is 148 cm³/mol. The number of nitrogens with two attached hydrogens (primary N) is 1. The highest BCUT2D eigenvalue weighted by atomic mass is 35.5. The highest BCUT2D eigenvalue weighted by Crippen LogP contribution is 2.45. The summed E-state index contributed by atoms with van der Waals surface area (Å²) < 4.78 is 66.7. The van der Waals surface area contributed by atoms with E-state index in [2.05, 4.69) is 20.4 Å². The molecule has 0 saturated heterocycles. The van der Waals surface area contributed by atoms with Gasteiger partial charge in [-0.3, -0.25) is 14.3 Å². The Morgan fingerprint density at radius 3 is 2.44 bits per heavy atom. The number of carboxylic acid groups (broad SMARTS) is 1. The molecular formula is C28H24ClF5N6O3. The highest BCUT2D eigenvalue weighted by Gasteiger charge is 2.56. The SMILES string of the molecule is CC(Cc1ccc([C@]2(C)C(=O)Nc3nc(-c4nn(CCC(F)(F)C(F)(F)F)c5cc(Cl)ccc45)nc(N)c32)cc1)C(=O)O. The zero-order valence-electron chi connectivity index (χ0n) is 22.6. The average Bonchev–Trinajstić information content (AvgIpc) is 3.41. The van der Waals surface area contributed by atoms with Gasteiger partial charge in [0.25, 0.3) is 0 Å². The Labute approximate surface area is 245 Å². The van der Waals surface area contributed by atoms with Crippen LogP contribution in [-0.2, 0) is 28.0 Å². The van der Waals surface area contributed by atoms with E-state index in [1.807, 2.05) is 0 Å². The highest BCUT2D eigenvalue weighted by molar-refractivity contribution is 6.31. The van der Waals surface area contributed by atoms with Crippen molar-refractivity contribution in [2.75, 3.05) is 11.1 Å². The number of halogens is 6. The van der Waals surface area contributed by atoms with Crippen LogP contribution in [0.2, 0.25) is 5.02 Å². The van der Waals surface area contributed by atoms with Crippen LogP contribution < -0.4 is 11.1 Å². The fraction of sp³-hybridized carbons (Fsp3) is 0.321. The number of aromatic nitrogens is 4. The molecule has 9 nitrogen and oxygen atoms in total. The minimum Gasteiger partial charge on any atom is -0.481 e. The second kappa shape index (κ2) is 10.4. The molecule has 1 amide bonds. The van der Waals surface area contributed by atoms with Gasteiger partial charge in [0.2, 0.25) is 5.91 Å². The summed E-state index contributed by atoms with van der Waals surface area (Å²) in [6.07, 6.45) is -6.99. The predicted octanol–water partition coefficient (Wildman–Crippen LogP) is 5.84. The van der Waals surface area contributed by atoms with Crippen LogP contribution >= 0.6 is 11.6 Å². The Kier molecular flexibility index (Phi) is 7.31. The molecule has 2 aromatic heterocycles. The van der Waals surface area contributed by atoms with Crippen LogP contribution in [0.25, 0.3) is 22.4 Å². The molecule has 3 heterocycles. The van der Waals surface area contributed by atoms with E-state index in [-0.39, 0.29) is 39.3 Å². The number of hydrogen-bond donors (Lipinski definition) is 3. The number of amides is 1. The van der Waals surface area contributed by atoms with Crippen molar-refractivity contribution >= 4 is 46.0 Å². The van der Waals surface area contributed by atoms with Crippen molar-refractivity contribution in [3.8, 4) is 11.5 Å². The number of anilines is 2. The van der Waals surface area contributed by atoms with Crippen molar-refractivity contribution in [3.63, 3.8) is 0 Å². The van der Waals surface area contributed by atoms with Crippen LogP contribution in [0.4, 0.5) is 33.6 Å². The minimum atomic E-state index is -5.73. The van der Waals surface area contributed by atoms with Crippen LogP contribution in [0.1, 0.15) is 37.0 Å². The summed E-state index contributed by atoms with van der Waals surface area (Å²) in [6, 6.07) is 11.2. The number of rotatable bonds is 8. The van der Waals surface area contributed by atoms with E-state index in [1.165, 1.54) is 18.2 Å². The Bertz CT molecular complexity index is 1760. The van der Waals surface area contributed by atoms with Gasteiger partial charge in [0.15, 0.2) is 5.82 Å². The quantitative estimate of drug-likeness (QED) is 0.210. The van der Waals surface area contributed by atoms with Gasteiger partial charge in [-0.05, 0) is 42.7 Å². The van der Waals surface area contributed by atoms with Gasteiger partial charge in [-0.2, -0.15) is 27.1 Å². The number of alkyl halides is 5. The van der Waals surface area contributed by atoms with Gasteiger partial charge in [0.1, 0.15) is 22.7 Å². The van der Waals surface area contributed by atoms with E-state index in [9.17, 15) is 36.6 Å². The maximum Gasteiger partial charge on any atom is 0.453 e. The first-order chi connectivity index (χ1) is 20.0. The van der Waals surface area contributed by atoms with Crippen LogP contribution in [0, 0.1) is 5.92 Å². The summed E-state index contributed by atoms with van der Waals surface area (Å²) in [4.78, 5) is 33.3. The lowest BCUT2D eigenvalue weighted by Gasteiger charge is -2.23. The zero-order chi connectivity index (χ0) is 31.5. The molecule has 226 valence electrons. The number of nitrogens with one attached hydrogen (secondary N) is 1. The maximum atomic E-state index is 13.7. The number of benzene rings is 2. The molecule has 0 bridgehead atoms. The van der Waals surface area contributed by atoms with Gasteiger partial charge < -0.3 is 16.2 Å². The fourth-order valence-electron chi connectivity index (χ4n) is 5.07. The maximum absolute atomic E-state index is 13.7. The third kappa shape index (κ3) is 5.24. The Morgan fingerprint density at radius 2 is 1.81 bits per heavy atom. The fourth-order valence-corrected chi connectivity index (χ4v) is 5.24. The minimum absolute atomic E-state index is 0.0382. The molecular weight excluding hydrogens is 599 g/mol. The standard InChI is InChI=1S/C28H24ClF5N6O3/c1-13(24(41)42)11-14-3-5-15(6-4-14)26(2)19-21(35)36-23(37-22(19)38-25(26)43)20-17-8-7-16(29)12-18(17)40(39-20)10-9-27(30,31)28(32,33)34/h3-8,12-13H,9-11H2,1-2H3,(H,41,42)(H3,35,36,37,38,43)/t13?,26-/m0/s1. The largest absolute Gasteiger partial charge is 0.481 e. The summed E-state index contributed by atoms with van der Waals surface area (Å²) >= 11 is 6.07. The van der Waals surface area contributed by atoms with Crippen LogP contribution in [-0.4, -0.2) is 48.8 Å². The van der Waals surface area contributed by atoms with Crippen LogP contribution in [0.15, 0.2) is 42.5 Å². The van der Waals surface area contributed by atoms with Crippen LogP contribution in [0.5, 0.6) is 0 Å². The lowest BCUT2D eigenvalue weighted by Crippen LogP contribution is -2.37. The molecule has 0 saturated carbocycles. The number of carbonyl (C=O) groups excluding carboxylic acids is 1. The molecule has 1 aliphatic heterocycles. The van der Waals surface area contributed by atoms with Crippen molar-refractivity contribution in [2.24, 2.45) is 5.92 Å². The Balaban J connectivity index is 1.53. The molecule has 4 N–H and O–H groups in total. The van der Waals surface area contributed by atoms with Gasteiger partial charge in [-0.15, -0.1) is 0 Å². The Morgan fingerprint density at radius 1 is 1.14 bits per heavy atom. The van der Waals surface area contributed by atoms with Crippen molar-refractivity contribution < 1.29 is 36.6 Å². The van der Waals surface area contributed by atoms with Gasteiger partial charge in [-0.25, -0.2) is 9.97 Å². The monoisotopic (exact) mass is 622 g/mol. The van der Waals surface area contributed by atoms with E-state index < -0.39 is 48.3 Å². The summed E-state index contributed by atoms with van der Waals surface area (Å²) in [5, 5.41) is 16.6. The number of fused-ring (bicyclic) bond motifs is 2. The van der Waals surface area contributed by atoms with E-state index in [4.69, 9.17) is 17.3 Å². The number of nitrogens with zero attached hydrogens (tertiary/aromatic N) is 4. The molecule has 1 aliphatic rings. The molecule has 1 unspecified atom stereocenters. The number of hydrogen-bond acceptors (Lipinski definition) is 6. The number of carboxylic acids is 1. The van der Waals surface area contributed by atoms with E-state index >= 15 is 0 Å². The second-order valence-corrected chi connectivity index (χ2v) is 11.0. The van der Waals surface area contributed by atoms with Crippen molar-refractivity contribution in [1.82, 2.24) is 19.7 Å². The Hall–Kier alpha value is -4.33. The first-order valence-electron chi connectivity index (χ1n) is 13.0. The number of nitrogen functional groups attached to an aromatic ring is 1. The molecule has 2 atom stereocenters. The summed E-state index contributed by atoms with van der Waals surface area (Å²) in [6.45, 7) is 2.43. The average molecular weight is 623 g/mol. The molecule has 0 aliphatic carbocycles. The van der Waals surface area contributed by atoms with E-state index in [0.29, 0.717) is 17.4 Å². The summed E-state index contributed by atoms with van der Waals surface area (Å²) in [5.74, 6) is -7.02. The zero-order valence-corrected chi connectivity index (χ0v) is 23.4. The van der Waals surface area contributed by atoms with Gasteiger partial charge in [-0.1, -0.05) is 42.8 Å². The topological polar surface area (TPSA) is 136 Å². The van der Waals surface area contributed by atoms with Crippen molar-refractivity contribution in [1.29, 1.82) is 0 Å². The van der Waals surface area contributed by atoms with Gasteiger partial charge in [0, 0.05) is 23.4 Å². The molecule has 5 rings (SSSR count). The first-order valence-corrected chi connectivity index (χ1v) is 13.3. The molecule has 2 aromatic carbocycles. The molecule has 4 aromatic rings. The first kappa shape index (κ1) is 30.1. The summed E-state index contributed by atoms with van der Waals surface area (Å²) in [5.41, 5.74) is 6.86. The van der Waals surface area contributed by atoms with Crippen molar-refractivity contribution in [2.45, 2.75) is 50.7 Å². The van der Waals surface area contributed by atoms with Gasteiger partial charge in [0.05, 0.1) is 17.0 Å². The van der Waals surface area contributed by atoms with E-state index in [1.54, 1.807) is 38.1 Å². The van der Waals surface area contributed by atoms with Crippen molar-refractivity contribution in [3.05, 3.63) is 64.2 Å². The molecule has 0 spiro atoms. The smallest absolute Gasteiger partial charge is 0.453 e. The van der Waals surface area contributed by atoms with Crippen LogP contribution in [0.3, 0.4) is 0 Å². The van der Waals surface area contributed by atoms with E-state index in [0.717, 1.165) is 10.2 Å². The lowest BCUT2D eigenvalue weighted by atomic mass is 9.77. The normalized spacial score (nSPS) is 17.6. The molecule has 0 fully saturated rings. The number of aliphatic carboxylic acids is 1. The van der Waals surface area contributed by atoms with Gasteiger partial charge >= 0.3 is 18.1 Å². The molecule has 0 radical (unpaired) electrons. The molecule has 15 heteroatoms.